The quantitative estimate of drug-likeness (QED) is 0.180. The average Bonchev–Trinajstić information content (AvgIpc) is 2.78. The Labute approximate surface area is 205 Å². The molecule has 0 saturated heterocycles. The van der Waals surface area contributed by atoms with Gasteiger partial charge >= 0.3 is 0 Å². The first-order valence-corrected chi connectivity index (χ1v) is 11.4. The predicted octanol–water partition coefficient (Wildman–Crippen LogP) is 5.15. The van der Waals surface area contributed by atoms with E-state index in [1.165, 1.54) is 16.6 Å². The molecule has 0 aromatic carbocycles. The van der Waals surface area contributed by atoms with Crippen LogP contribution < -0.4 is 5.32 Å². The minimum Gasteiger partial charge on any atom is -0.512 e. The van der Waals surface area contributed by atoms with Gasteiger partial charge < -0.3 is 10.4 Å². The number of likely N-dealkylation sites (N-methyl/N-ethyl adjacent to an activating group) is 1. The number of allylic oxidation sites excluding steroid dienone is 5. The summed E-state index contributed by atoms with van der Waals surface area (Å²) in [6, 6.07) is 1.21. The average molecular weight is 498 g/mol. The number of rotatable bonds is 12. The van der Waals surface area contributed by atoms with Crippen molar-refractivity contribution in [2.24, 2.45) is 0 Å². The number of nitrogens with one attached hydrogen (secondary N) is 1. The molecule has 188 valence electrons. The number of nitrogens with zero attached hydrogens (tertiary/aromatic N) is 4. The second kappa shape index (κ2) is 13.8. The Bertz CT molecular complexity index is 953. The smallest absolute Gasteiger partial charge is 0.287 e. The molecule has 1 aromatic heterocycles. The molecule has 0 atom stereocenters. The van der Waals surface area contributed by atoms with E-state index in [1.807, 2.05) is 13.8 Å². The number of hydrogen-bond acceptors (Lipinski definition) is 6. The van der Waals surface area contributed by atoms with E-state index in [0.29, 0.717) is 29.7 Å². The van der Waals surface area contributed by atoms with Crippen LogP contribution in [0.4, 0.5) is 8.78 Å². The lowest BCUT2D eigenvalue weighted by Crippen LogP contribution is -2.40. The van der Waals surface area contributed by atoms with E-state index in [9.17, 15) is 18.7 Å². The standard InChI is InChI=1S/C24H34ClF2N5O2/c1-7-9-19(17(11-13-25)20-15-22(24(3,26)27)30-16-29-20)28-14-12-18(21(33)10-8-2)23(34)32(6)31(4)5/h7,9,11,13,15-16,28,33H,8,10,12,14H2,1-6H3/b9-7-,13-11+,19-17-,21-18+. The van der Waals surface area contributed by atoms with Crippen LogP contribution in [0.3, 0.4) is 0 Å². The van der Waals surface area contributed by atoms with Crippen LogP contribution in [0, 0.1) is 0 Å². The highest BCUT2D eigenvalue weighted by molar-refractivity contribution is 6.26. The van der Waals surface area contributed by atoms with E-state index in [0.717, 1.165) is 13.3 Å². The normalized spacial score (nSPS) is 13.9. The molecule has 0 radical (unpaired) electrons. The number of aliphatic hydroxyl groups excluding tert-OH is 1. The van der Waals surface area contributed by atoms with E-state index < -0.39 is 11.6 Å². The van der Waals surface area contributed by atoms with Crippen molar-refractivity contribution in [3.05, 3.63) is 64.6 Å². The molecule has 0 saturated carbocycles. The van der Waals surface area contributed by atoms with E-state index >= 15 is 0 Å². The van der Waals surface area contributed by atoms with Crippen molar-refractivity contribution in [2.75, 3.05) is 27.7 Å². The Kier molecular flexibility index (Phi) is 11.9. The maximum Gasteiger partial charge on any atom is 0.287 e. The number of hydrazine groups is 1. The summed E-state index contributed by atoms with van der Waals surface area (Å²) in [6.07, 6.45) is 7.46. The van der Waals surface area contributed by atoms with Crippen LogP contribution in [0.25, 0.3) is 5.57 Å². The van der Waals surface area contributed by atoms with Crippen LogP contribution in [0.5, 0.6) is 0 Å². The van der Waals surface area contributed by atoms with Gasteiger partial charge in [-0.05, 0) is 38.0 Å². The first-order chi connectivity index (χ1) is 16.0. The third-order valence-electron chi connectivity index (χ3n) is 4.92. The fourth-order valence-corrected chi connectivity index (χ4v) is 3.12. The van der Waals surface area contributed by atoms with Crippen molar-refractivity contribution in [3.63, 3.8) is 0 Å². The summed E-state index contributed by atoms with van der Waals surface area (Å²) in [5, 5.41) is 16.8. The van der Waals surface area contributed by atoms with Gasteiger partial charge in [-0.3, -0.25) is 9.80 Å². The summed E-state index contributed by atoms with van der Waals surface area (Å²) in [5.74, 6) is -3.39. The van der Waals surface area contributed by atoms with Gasteiger partial charge in [-0.15, -0.1) is 0 Å². The topological polar surface area (TPSA) is 81.6 Å². The number of aliphatic hydroxyl groups is 1. The number of carbonyl (C=O) groups is 1. The number of halogens is 3. The number of amides is 1. The summed E-state index contributed by atoms with van der Waals surface area (Å²) < 4.78 is 27.6. The molecule has 0 aliphatic heterocycles. The number of aromatic nitrogens is 2. The van der Waals surface area contributed by atoms with Crippen LogP contribution in [0.2, 0.25) is 0 Å². The summed E-state index contributed by atoms with van der Waals surface area (Å²) >= 11 is 5.83. The predicted molar refractivity (Wildman–Crippen MR) is 132 cm³/mol. The van der Waals surface area contributed by atoms with Gasteiger partial charge in [0.25, 0.3) is 11.8 Å². The molecule has 1 heterocycles. The molecule has 0 fully saturated rings. The van der Waals surface area contributed by atoms with Gasteiger partial charge in [-0.2, -0.15) is 8.78 Å². The van der Waals surface area contributed by atoms with Gasteiger partial charge in [-0.1, -0.05) is 24.6 Å². The number of alkyl halides is 2. The van der Waals surface area contributed by atoms with Crippen LogP contribution in [0.15, 0.2) is 53.2 Å². The number of hydrogen-bond donors (Lipinski definition) is 2. The Hall–Kier alpha value is -2.78. The minimum atomic E-state index is -3.13. The zero-order valence-electron chi connectivity index (χ0n) is 20.6. The van der Waals surface area contributed by atoms with Crippen molar-refractivity contribution < 1.29 is 18.7 Å². The van der Waals surface area contributed by atoms with E-state index in [4.69, 9.17) is 11.6 Å². The highest BCUT2D eigenvalue weighted by Gasteiger charge is 2.27. The second-order valence-corrected chi connectivity index (χ2v) is 8.08. The van der Waals surface area contributed by atoms with Gasteiger partial charge in [0.15, 0.2) is 0 Å². The third kappa shape index (κ3) is 8.53. The summed E-state index contributed by atoms with van der Waals surface area (Å²) in [6.45, 7) is 4.78. The van der Waals surface area contributed by atoms with E-state index in [-0.39, 0.29) is 30.3 Å². The van der Waals surface area contributed by atoms with Gasteiger partial charge in [-0.25, -0.2) is 15.0 Å². The Morgan fingerprint density at radius 3 is 2.44 bits per heavy atom. The zero-order valence-corrected chi connectivity index (χ0v) is 21.3. The summed E-state index contributed by atoms with van der Waals surface area (Å²) in [7, 11) is 5.09. The van der Waals surface area contributed by atoms with Crippen LogP contribution >= 0.6 is 11.6 Å². The van der Waals surface area contributed by atoms with Crippen LogP contribution in [-0.4, -0.2) is 58.7 Å². The molecule has 0 aliphatic carbocycles. The monoisotopic (exact) mass is 497 g/mol. The van der Waals surface area contributed by atoms with Crippen LogP contribution in [0.1, 0.15) is 51.4 Å². The van der Waals surface area contributed by atoms with E-state index in [1.54, 1.807) is 44.4 Å². The Morgan fingerprint density at radius 2 is 1.91 bits per heavy atom. The van der Waals surface area contributed by atoms with Gasteiger partial charge in [0.1, 0.15) is 17.8 Å². The lowest BCUT2D eigenvalue weighted by Gasteiger charge is -2.26. The zero-order chi connectivity index (χ0) is 25.9. The van der Waals surface area contributed by atoms with E-state index in [2.05, 4.69) is 15.3 Å². The molecular weight excluding hydrogens is 464 g/mol. The van der Waals surface area contributed by atoms with Crippen molar-refractivity contribution >= 4 is 23.1 Å². The molecule has 0 bridgehead atoms. The molecule has 0 aliphatic rings. The lowest BCUT2D eigenvalue weighted by molar-refractivity contribution is -0.137. The molecule has 2 N–H and O–H groups in total. The molecule has 0 spiro atoms. The molecular formula is C24H34ClF2N5O2. The largest absolute Gasteiger partial charge is 0.512 e. The number of carbonyl (C=O) groups excluding carboxylic acids is 1. The first kappa shape index (κ1) is 29.3. The highest BCUT2D eigenvalue weighted by Crippen LogP contribution is 2.28. The minimum absolute atomic E-state index is 0.0473. The fraction of sp³-hybridized carbons (Fsp3) is 0.458. The third-order valence-corrected chi connectivity index (χ3v) is 5.05. The second-order valence-electron chi connectivity index (χ2n) is 7.82. The molecule has 1 amide bonds. The van der Waals surface area contributed by atoms with Gasteiger partial charge in [0.2, 0.25) is 0 Å². The summed E-state index contributed by atoms with van der Waals surface area (Å²) in [4.78, 5) is 20.7. The van der Waals surface area contributed by atoms with Crippen molar-refractivity contribution in [3.8, 4) is 0 Å². The van der Waals surface area contributed by atoms with Gasteiger partial charge in [0, 0.05) is 57.8 Å². The first-order valence-electron chi connectivity index (χ1n) is 10.9. The molecule has 7 nitrogen and oxygen atoms in total. The van der Waals surface area contributed by atoms with Crippen molar-refractivity contribution in [1.82, 2.24) is 25.3 Å². The fourth-order valence-electron chi connectivity index (χ4n) is 2.99. The molecule has 34 heavy (non-hydrogen) atoms. The molecule has 0 unspecified atom stereocenters. The molecule has 1 aromatic rings. The molecule has 10 heteroatoms. The SMILES string of the molecule is C\C=C/C(NCC/C(C(=O)N(C)N(C)C)=C(\O)CCC)=C(\C=C\Cl)c1cc(C(C)(F)F)ncn1. The van der Waals surface area contributed by atoms with Gasteiger partial charge in [0.05, 0.1) is 11.3 Å². The van der Waals surface area contributed by atoms with Crippen LogP contribution in [-0.2, 0) is 10.7 Å². The maximum absolute atomic E-state index is 13.8. The Morgan fingerprint density at radius 1 is 1.24 bits per heavy atom. The van der Waals surface area contributed by atoms with Crippen molar-refractivity contribution in [1.29, 1.82) is 0 Å². The highest BCUT2D eigenvalue weighted by atomic mass is 35.5. The Balaban J connectivity index is 3.33. The maximum atomic E-state index is 13.8. The van der Waals surface area contributed by atoms with Crippen molar-refractivity contribution in [2.45, 2.75) is 46.0 Å². The summed E-state index contributed by atoms with van der Waals surface area (Å²) in [5.41, 5.74) is 2.45. The molecule has 1 rings (SSSR count). The lowest BCUT2D eigenvalue weighted by atomic mass is 10.1.